The number of thiophene rings is 1. The highest BCUT2D eigenvalue weighted by atomic mass is 32.1. The number of benzene rings is 2. The lowest BCUT2D eigenvalue weighted by molar-refractivity contribution is -0.149. The molecule has 228 valence electrons. The Morgan fingerprint density at radius 1 is 0.953 bits per heavy atom. The summed E-state index contributed by atoms with van der Waals surface area (Å²) >= 11 is 1.50. The van der Waals surface area contributed by atoms with E-state index in [1.165, 1.54) is 35.2 Å². The average Bonchev–Trinajstić information content (AvgIpc) is 3.76. The minimum absolute atomic E-state index is 0.202. The fourth-order valence-corrected chi connectivity index (χ4v) is 5.95. The molecule has 9 nitrogen and oxygen atoms in total. The van der Waals surface area contributed by atoms with Crippen molar-refractivity contribution in [3.05, 3.63) is 82.6 Å². The molecule has 1 saturated heterocycles. The number of ketones is 1. The zero-order chi connectivity index (χ0) is 30.8. The number of Topliss-reactive ketones (excluding diaryl/α,β-unsaturated/α-hetero) is 1. The monoisotopic (exact) mass is 604 g/mol. The van der Waals surface area contributed by atoms with Crippen LogP contribution in [-0.4, -0.2) is 92.3 Å². The van der Waals surface area contributed by atoms with Gasteiger partial charge in [-0.2, -0.15) is 0 Å². The van der Waals surface area contributed by atoms with Crippen LogP contribution >= 0.6 is 11.3 Å². The number of ether oxygens (including phenoxy) is 1. The van der Waals surface area contributed by atoms with Gasteiger partial charge < -0.3 is 25.2 Å². The first-order valence-corrected chi connectivity index (χ1v) is 15.4. The third kappa shape index (κ3) is 8.59. The SMILES string of the molecule is CNC(=O)[C@@H](Cc1cccs1)N(C)C(=O)[C@@H](CC(=O)c1ccc(-c2ccccc2)cc1)N(C)C(=O)COC[C@@H]1CCCN1. The predicted octanol–water partition coefficient (Wildman–Crippen LogP) is 3.40. The van der Waals surface area contributed by atoms with Crippen LogP contribution in [0.1, 0.15) is 34.5 Å². The Balaban J connectivity index is 1.52. The summed E-state index contributed by atoms with van der Waals surface area (Å²) in [5.74, 6) is -1.51. The number of amides is 3. The quantitative estimate of drug-likeness (QED) is 0.273. The second-order valence-corrected chi connectivity index (χ2v) is 11.8. The van der Waals surface area contributed by atoms with Crippen LogP contribution in [-0.2, 0) is 25.5 Å². The lowest BCUT2D eigenvalue weighted by Gasteiger charge is -2.34. The second kappa shape index (κ2) is 15.6. The standard InChI is InChI=1S/C33H40N4O5S/c1-34-32(40)28(19-27-12-8-18-43-27)37(3)33(41)29(36(2)31(39)22-42-21-26-11-7-17-35-26)20-30(38)25-15-13-24(14-16-25)23-9-5-4-6-10-23/h4-6,8-10,12-16,18,26,28-29,35H,7,11,17,19-22H2,1-3H3,(H,34,40)/t26-,28+,29+/m0/s1. The van der Waals surface area contributed by atoms with Crippen LogP contribution in [0.4, 0.5) is 0 Å². The first kappa shape index (κ1) is 32.1. The Bertz CT molecular complexity index is 1360. The molecule has 1 aliphatic rings. The minimum atomic E-state index is -1.12. The van der Waals surface area contributed by atoms with E-state index in [0.29, 0.717) is 18.6 Å². The first-order chi connectivity index (χ1) is 20.8. The van der Waals surface area contributed by atoms with Gasteiger partial charge in [0, 0.05) is 50.5 Å². The molecule has 2 N–H and O–H groups in total. The van der Waals surface area contributed by atoms with Crippen LogP contribution < -0.4 is 10.6 Å². The Morgan fingerprint density at radius 3 is 2.30 bits per heavy atom. The highest BCUT2D eigenvalue weighted by molar-refractivity contribution is 7.09. The summed E-state index contributed by atoms with van der Waals surface area (Å²) in [6, 6.07) is 19.1. The van der Waals surface area contributed by atoms with Gasteiger partial charge in [0.25, 0.3) is 0 Å². The number of likely N-dealkylation sites (N-methyl/N-ethyl adjacent to an activating group) is 3. The van der Waals surface area contributed by atoms with E-state index < -0.39 is 23.9 Å². The highest BCUT2D eigenvalue weighted by Crippen LogP contribution is 2.22. The van der Waals surface area contributed by atoms with Crippen molar-refractivity contribution in [1.82, 2.24) is 20.4 Å². The Hall–Kier alpha value is -3.86. The first-order valence-electron chi connectivity index (χ1n) is 14.5. The van der Waals surface area contributed by atoms with Crippen molar-refractivity contribution >= 4 is 34.8 Å². The van der Waals surface area contributed by atoms with Crippen LogP contribution in [0.3, 0.4) is 0 Å². The van der Waals surface area contributed by atoms with Crippen LogP contribution in [0.15, 0.2) is 72.1 Å². The summed E-state index contributed by atoms with van der Waals surface area (Å²) < 4.78 is 5.68. The summed E-state index contributed by atoms with van der Waals surface area (Å²) in [7, 11) is 4.58. The molecule has 4 rings (SSSR count). The van der Waals surface area contributed by atoms with Gasteiger partial charge in [-0.1, -0.05) is 60.7 Å². The molecule has 43 heavy (non-hydrogen) atoms. The summed E-state index contributed by atoms with van der Waals surface area (Å²) in [5, 5.41) is 7.88. The van der Waals surface area contributed by atoms with Gasteiger partial charge >= 0.3 is 0 Å². The van der Waals surface area contributed by atoms with E-state index in [9.17, 15) is 19.2 Å². The topological polar surface area (TPSA) is 108 Å². The van der Waals surface area contributed by atoms with Gasteiger partial charge in [0.05, 0.1) is 6.61 Å². The zero-order valence-corrected chi connectivity index (χ0v) is 25.8. The fourth-order valence-electron chi connectivity index (χ4n) is 5.21. The van der Waals surface area contributed by atoms with Crippen molar-refractivity contribution in [3.63, 3.8) is 0 Å². The van der Waals surface area contributed by atoms with Gasteiger partial charge in [-0.05, 0) is 42.0 Å². The highest BCUT2D eigenvalue weighted by Gasteiger charge is 2.36. The van der Waals surface area contributed by atoms with Crippen molar-refractivity contribution < 1.29 is 23.9 Å². The van der Waals surface area contributed by atoms with Crippen molar-refractivity contribution in [2.45, 2.75) is 43.8 Å². The number of carbonyl (C=O) groups is 4. The normalized spacial score (nSPS) is 15.8. The minimum Gasteiger partial charge on any atom is -0.370 e. The molecule has 3 aromatic rings. The van der Waals surface area contributed by atoms with Crippen LogP contribution in [0.25, 0.3) is 11.1 Å². The molecule has 3 amide bonds. The lowest BCUT2D eigenvalue weighted by Crippen LogP contribution is -2.56. The molecule has 2 aromatic carbocycles. The average molecular weight is 605 g/mol. The summed E-state index contributed by atoms with van der Waals surface area (Å²) in [5.41, 5.74) is 2.43. The Kier molecular flexibility index (Phi) is 11.6. The molecule has 0 radical (unpaired) electrons. The number of nitrogens with one attached hydrogen (secondary N) is 2. The molecule has 0 saturated carbocycles. The zero-order valence-electron chi connectivity index (χ0n) is 25.0. The predicted molar refractivity (Wildman–Crippen MR) is 168 cm³/mol. The van der Waals surface area contributed by atoms with E-state index in [2.05, 4.69) is 10.6 Å². The Labute approximate surface area is 257 Å². The van der Waals surface area contributed by atoms with Gasteiger partial charge in [0.2, 0.25) is 17.7 Å². The van der Waals surface area contributed by atoms with E-state index in [0.717, 1.165) is 35.4 Å². The fraction of sp³-hybridized carbons (Fsp3) is 0.394. The molecule has 10 heteroatoms. The molecule has 0 spiro atoms. The van der Waals surface area contributed by atoms with Crippen LogP contribution in [0.2, 0.25) is 0 Å². The molecular weight excluding hydrogens is 564 g/mol. The van der Waals surface area contributed by atoms with Crippen molar-refractivity contribution in [3.8, 4) is 11.1 Å². The van der Waals surface area contributed by atoms with Crippen LogP contribution in [0, 0.1) is 0 Å². The molecular formula is C33H40N4O5S. The largest absolute Gasteiger partial charge is 0.370 e. The molecule has 0 bridgehead atoms. The second-order valence-electron chi connectivity index (χ2n) is 10.8. The van der Waals surface area contributed by atoms with Gasteiger partial charge in [-0.3, -0.25) is 19.2 Å². The Morgan fingerprint density at radius 2 is 1.67 bits per heavy atom. The molecule has 3 atom stereocenters. The van der Waals surface area contributed by atoms with Crippen molar-refractivity contribution in [2.24, 2.45) is 0 Å². The van der Waals surface area contributed by atoms with E-state index in [1.54, 1.807) is 19.2 Å². The van der Waals surface area contributed by atoms with Gasteiger partial charge in [-0.15, -0.1) is 11.3 Å². The molecule has 1 aromatic heterocycles. The lowest BCUT2D eigenvalue weighted by atomic mass is 9.98. The third-order valence-electron chi connectivity index (χ3n) is 7.88. The van der Waals surface area contributed by atoms with Crippen molar-refractivity contribution in [2.75, 3.05) is 40.9 Å². The smallest absolute Gasteiger partial charge is 0.249 e. The third-order valence-corrected chi connectivity index (χ3v) is 8.78. The van der Waals surface area contributed by atoms with E-state index in [1.807, 2.05) is 60.0 Å². The van der Waals surface area contributed by atoms with Crippen molar-refractivity contribution in [1.29, 1.82) is 0 Å². The molecule has 0 unspecified atom stereocenters. The maximum Gasteiger partial charge on any atom is 0.249 e. The number of hydrogen-bond donors (Lipinski definition) is 2. The summed E-state index contributed by atoms with van der Waals surface area (Å²) in [6.07, 6.45) is 2.13. The maximum absolute atomic E-state index is 14.0. The summed E-state index contributed by atoms with van der Waals surface area (Å²) in [6.45, 7) is 1.11. The van der Waals surface area contributed by atoms with E-state index in [-0.39, 0.29) is 30.8 Å². The maximum atomic E-state index is 14.0. The number of hydrogen-bond acceptors (Lipinski definition) is 7. The van der Waals surface area contributed by atoms with E-state index >= 15 is 0 Å². The van der Waals surface area contributed by atoms with E-state index in [4.69, 9.17) is 4.74 Å². The molecule has 2 heterocycles. The van der Waals surface area contributed by atoms with Gasteiger partial charge in [-0.25, -0.2) is 0 Å². The number of nitrogens with zero attached hydrogens (tertiary/aromatic N) is 2. The van der Waals surface area contributed by atoms with Gasteiger partial charge in [0.15, 0.2) is 5.78 Å². The number of rotatable bonds is 14. The molecule has 1 fully saturated rings. The molecule has 1 aliphatic heterocycles. The molecule has 0 aliphatic carbocycles. The van der Waals surface area contributed by atoms with Gasteiger partial charge in [0.1, 0.15) is 18.7 Å². The summed E-state index contributed by atoms with van der Waals surface area (Å²) in [4.78, 5) is 57.3. The number of carbonyl (C=O) groups excluding carboxylic acids is 4. The van der Waals surface area contributed by atoms with Crippen LogP contribution in [0.5, 0.6) is 0 Å².